The van der Waals surface area contributed by atoms with E-state index < -0.39 is 12.0 Å². The summed E-state index contributed by atoms with van der Waals surface area (Å²) >= 11 is 6.03. The molecule has 0 saturated carbocycles. The van der Waals surface area contributed by atoms with Gasteiger partial charge >= 0.3 is 5.97 Å². The quantitative estimate of drug-likeness (QED) is 0.874. The van der Waals surface area contributed by atoms with Crippen molar-refractivity contribution in [3.8, 4) is 0 Å². The topological polar surface area (TPSA) is 52.3 Å². The van der Waals surface area contributed by atoms with E-state index >= 15 is 0 Å². The van der Waals surface area contributed by atoms with Crippen LogP contribution >= 0.6 is 11.6 Å². The van der Waals surface area contributed by atoms with Gasteiger partial charge in [-0.05, 0) is 24.1 Å². The van der Waals surface area contributed by atoms with E-state index in [1.807, 2.05) is 37.3 Å². The number of benzene rings is 2. The Labute approximate surface area is 123 Å². The molecule has 104 valence electrons. The Bertz CT molecular complexity index is 586. The van der Waals surface area contributed by atoms with Crippen molar-refractivity contribution in [2.45, 2.75) is 19.1 Å². The summed E-state index contributed by atoms with van der Waals surface area (Å²) < 4.78 is 5.39. The van der Waals surface area contributed by atoms with Gasteiger partial charge in [0.1, 0.15) is 12.1 Å². The SMILES string of the molecule is CC(OC(=O)[C@H](N)c1ccccc1Cl)c1ccccc1. The van der Waals surface area contributed by atoms with Crippen LogP contribution in [0.2, 0.25) is 5.02 Å². The first-order valence-corrected chi connectivity index (χ1v) is 6.73. The van der Waals surface area contributed by atoms with Gasteiger partial charge in [-0.15, -0.1) is 0 Å². The van der Waals surface area contributed by atoms with Crippen molar-refractivity contribution >= 4 is 17.6 Å². The number of hydrogen-bond donors (Lipinski definition) is 1. The summed E-state index contributed by atoms with van der Waals surface area (Å²) in [6.07, 6.45) is -0.350. The molecule has 2 aromatic carbocycles. The summed E-state index contributed by atoms with van der Waals surface area (Å²) in [6, 6.07) is 15.6. The highest BCUT2D eigenvalue weighted by atomic mass is 35.5. The number of rotatable bonds is 4. The summed E-state index contributed by atoms with van der Waals surface area (Å²) in [7, 11) is 0. The van der Waals surface area contributed by atoms with Crippen LogP contribution < -0.4 is 5.73 Å². The van der Waals surface area contributed by atoms with Crippen LogP contribution in [0.25, 0.3) is 0 Å². The third-order valence-electron chi connectivity index (χ3n) is 3.06. The standard InChI is InChI=1S/C16H16ClNO2/c1-11(12-7-3-2-4-8-12)20-16(19)15(18)13-9-5-6-10-14(13)17/h2-11,15H,18H2,1H3/t11?,15-/m1/s1. The molecule has 0 bridgehead atoms. The second-order valence-electron chi connectivity index (χ2n) is 4.49. The first-order valence-electron chi connectivity index (χ1n) is 6.35. The number of esters is 1. The smallest absolute Gasteiger partial charge is 0.328 e. The molecule has 0 aromatic heterocycles. The maximum absolute atomic E-state index is 12.1. The van der Waals surface area contributed by atoms with Crippen molar-refractivity contribution in [2.75, 3.05) is 0 Å². The first-order chi connectivity index (χ1) is 9.59. The molecule has 0 aliphatic heterocycles. The second kappa shape index (κ2) is 6.55. The highest BCUT2D eigenvalue weighted by molar-refractivity contribution is 6.31. The molecule has 2 rings (SSSR count). The minimum absolute atomic E-state index is 0.350. The Kier molecular flexibility index (Phi) is 4.77. The largest absolute Gasteiger partial charge is 0.456 e. The maximum Gasteiger partial charge on any atom is 0.328 e. The fraction of sp³-hybridized carbons (Fsp3) is 0.188. The fourth-order valence-corrected chi connectivity index (χ4v) is 2.15. The zero-order valence-corrected chi connectivity index (χ0v) is 11.9. The lowest BCUT2D eigenvalue weighted by atomic mass is 10.1. The van der Waals surface area contributed by atoms with Crippen LogP contribution in [0.15, 0.2) is 54.6 Å². The van der Waals surface area contributed by atoms with Gasteiger partial charge in [0.05, 0.1) is 0 Å². The average Bonchev–Trinajstić information content (AvgIpc) is 2.48. The molecule has 0 aliphatic carbocycles. The van der Waals surface area contributed by atoms with Crippen molar-refractivity contribution < 1.29 is 9.53 Å². The minimum Gasteiger partial charge on any atom is -0.456 e. The minimum atomic E-state index is -0.880. The first kappa shape index (κ1) is 14.6. The molecule has 2 atom stereocenters. The van der Waals surface area contributed by atoms with E-state index in [1.165, 1.54) is 0 Å². The Hall–Kier alpha value is -1.84. The van der Waals surface area contributed by atoms with Crippen molar-refractivity contribution in [3.63, 3.8) is 0 Å². The average molecular weight is 290 g/mol. The molecular weight excluding hydrogens is 274 g/mol. The van der Waals surface area contributed by atoms with Crippen LogP contribution in [-0.2, 0) is 9.53 Å². The van der Waals surface area contributed by atoms with E-state index in [9.17, 15) is 4.79 Å². The van der Waals surface area contributed by atoms with Crippen LogP contribution in [-0.4, -0.2) is 5.97 Å². The molecule has 4 heteroatoms. The number of halogens is 1. The van der Waals surface area contributed by atoms with Gasteiger partial charge < -0.3 is 10.5 Å². The van der Waals surface area contributed by atoms with E-state index in [2.05, 4.69) is 0 Å². The van der Waals surface area contributed by atoms with E-state index in [0.717, 1.165) is 5.56 Å². The molecule has 0 heterocycles. The van der Waals surface area contributed by atoms with Gasteiger partial charge in [-0.25, -0.2) is 4.79 Å². The van der Waals surface area contributed by atoms with Crippen LogP contribution in [0, 0.1) is 0 Å². The van der Waals surface area contributed by atoms with Gasteiger partial charge in [0.25, 0.3) is 0 Å². The number of hydrogen-bond acceptors (Lipinski definition) is 3. The molecule has 0 aliphatic rings. The molecule has 0 radical (unpaired) electrons. The molecule has 2 aromatic rings. The van der Waals surface area contributed by atoms with Crippen LogP contribution in [0.1, 0.15) is 30.2 Å². The molecule has 0 fully saturated rings. The Morgan fingerprint density at radius 3 is 2.35 bits per heavy atom. The lowest BCUT2D eigenvalue weighted by molar-refractivity contribution is -0.150. The molecule has 0 spiro atoms. The maximum atomic E-state index is 12.1. The van der Waals surface area contributed by atoms with Gasteiger partial charge in [0.15, 0.2) is 0 Å². The van der Waals surface area contributed by atoms with Crippen molar-refractivity contribution in [1.82, 2.24) is 0 Å². The van der Waals surface area contributed by atoms with Gasteiger partial charge in [0, 0.05) is 5.02 Å². The van der Waals surface area contributed by atoms with Crippen LogP contribution in [0.3, 0.4) is 0 Å². The van der Waals surface area contributed by atoms with Crippen LogP contribution in [0.4, 0.5) is 0 Å². The summed E-state index contributed by atoms with van der Waals surface area (Å²) in [4.78, 5) is 12.1. The zero-order chi connectivity index (χ0) is 14.5. The molecule has 3 nitrogen and oxygen atoms in total. The predicted octanol–water partition coefficient (Wildman–Crippen LogP) is 3.64. The normalized spacial score (nSPS) is 13.6. The summed E-state index contributed by atoms with van der Waals surface area (Å²) in [5.74, 6) is -0.491. The Balaban J connectivity index is 2.07. The van der Waals surface area contributed by atoms with Gasteiger partial charge in [-0.2, -0.15) is 0 Å². The van der Waals surface area contributed by atoms with Gasteiger partial charge in [0.2, 0.25) is 0 Å². The lowest BCUT2D eigenvalue weighted by Crippen LogP contribution is -2.25. The van der Waals surface area contributed by atoms with E-state index in [-0.39, 0.29) is 6.10 Å². The number of carbonyl (C=O) groups is 1. The molecular formula is C16H16ClNO2. The molecule has 20 heavy (non-hydrogen) atoms. The third kappa shape index (κ3) is 3.38. The number of nitrogens with two attached hydrogens (primary N) is 1. The number of ether oxygens (including phenoxy) is 1. The van der Waals surface area contributed by atoms with Crippen molar-refractivity contribution in [2.24, 2.45) is 5.73 Å². The van der Waals surface area contributed by atoms with Gasteiger partial charge in [-0.3, -0.25) is 0 Å². The van der Waals surface area contributed by atoms with Crippen molar-refractivity contribution in [3.05, 3.63) is 70.7 Å². The van der Waals surface area contributed by atoms with E-state index in [0.29, 0.717) is 10.6 Å². The highest BCUT2D eigenvalue weighted by Crippen LogP contribution is 2.24. The van der Waals surface area contributed by atoms with Crippen LogP contribution in [0.5, 0.6) is 0 Å². The fourth-order valence-electron chi connectivity index (χ4n) is 1.89. The Morgan fingerprint density at radius 2 is 1.70 bits per heavy atom. The molecule has 1 unspecified atom stereocenters. The highest BCUT2D eigenvalue weighted by Gasteiger charge is 2.22. The Morgan fingerprint density at radius 1 is 1.10 bits per heavy atom. The zero-order valence-electron chi connectivity index (χ0n) is 11.1. The molecule has 2 N–H and O–H groups in total. The van der Waals surface area contributed by atoms with Gasteiger partial charge in [-0.1, -0.05) is 60.1 Å². The predicted molar refractivity (Wildman–Crippen MR) is 79.3 cm³/mol. The molecule has 0 saturated heterocycles. The summed E-state index contributed by atoms with van der Waals surface area (Å²) in [5, 5.41) is 0.462. The number of carbonyl (C=O) groups excluding carboxylic acids is 1. The van der Waals surface area contributed by atoms with E-state index in [1.54, 1.807) is 24.3 Å². The summed E-state index contributed by atoms with van der Waals surface area (Å²) in [5.41, 5.74) is 7.40. The monoisotopic (exact) mass is 289 g/mol. The second-order valence-corrected chi connectivity index (χ2v) is 4.90. The lowest BCUT2D eigenvalue weighted by Gasteiger charge is -2.18. The van der Waals surface area contributed by atoms with E-state index in [4.69, 9.17) is 22.1 Å². The third-order valence-corrected chi connectivity index (χ3v) is 3.40. The molecule has 0 amide bonds. The van der Waals surface area contributed by atoms with Crippen molar-refractivity contribution in [1.29, 1.82) is 0 Å². The summed E-state index contributed by atoms with van der Waals surface area (Å²) in [6.45, 7) is 1.81.